The molecule has 1 atom stereocenters. The van der Waals surface area contributed by atoms with Crippen molar-refractivity contribution in [3.8, 4) is 5.75 Å². The number of rotatable bonds is 6. The lowest BCUT2D eigenvalue weighted by atomic mass is 9.83. The van der Waals surface area contributed by atoms with Crippen LogP contribution < -0.4 is 10.6 Å². The smallest absolute Gasteiger partial charge is 0.315 e. The molecule has 1 saturated carbocycles. The van der Waals surface area contributed by atoms with Gasteiger partial charge < -0.3 is 20.8 Å². The molecule has 4 N–H and O–H groups in total. The zero-order chi connectivity index (χ0) is 15.8. The van der Waals surface area contributed by atoms with E-state index >= 15 is 0 Å². The Balaban J connectivity index is 1.80. The summed E-state index contributed by atoms with van der Waals surface area (Å²) in [6, 6.07) is 6.61. The van der Waals surface area contributed by atoms with Crippen LogP contribution in [0.3, 0.4) is 0 Å². The summed E-state index contributed by atoms with van der Waals surface area (Å²) in [7, 11) is 0. The highest BCUT2D eigenvalue weighted by atomic mass is 16.3. The van der Waals surface area contributed by atoms with Gasteiger partial charge in [0.1, 0.15) is 5.75 Å². The average Bonchev–Trinajstić information content (AvgIpc) is 2.55. The second-order valence-corrected chi connectivity index (χ2v) is 6.01. The number of carbonyl (C=O) groups is 1. The molecular formula is C17H26N2O3. The molecule has 0 saturated heterocycles. The van der Waals surface area contributed by atoms with Gasteiger partial charge in [0.25, 0.3) is 0 Å². The third-order valence-corrected chi connectivity index (χ3v) is 4.36. The Hall–Kier alpha value is -1.75. The number of carbonyl (C=O) groups excluding carboxylic acids is 1. The van der Waals surface area contributed by atoms with E-state index in [-0.39, 0.29) is 24.4 Å². The first-order chi connectivity index (χ1) is 10.7. The Morgan fingerprint density at radius 3 is 2.50 bits per heavy atom. The number of aliphatic hydroxyl groups is 1. The summed E-state index contributed by atoms with van der Waals surface area (Å²) in [6.45, 7) is 0.516. The van der Waals surface area contributed by atoms with Crippen LogP contribution in [0, 0.1) is 5.92 Å². The highest BCUT2D eigenvalue weighted by molar-refractivity contribution is 5.74. The predicted molar refractivity (Wildman–Crippen MR) is 85.5 cm³/mol. The van der Waals surface area contributed by atoms with Crippen molar-refractivity contribution >= 4 is 6.03 Å². The van der Waals surface area contributed by atoms with Gasteiger partial charge in [0.05, 0.1) is 0 Å². The minimum Gasteiger partial charge on any atom is -0.508 e. The van der Waals surface area contributed by atoms with E-state index in [4.69, 9.17) is 0 Å². The molecule has 0 heterocycles. The summed E-state index contributed by atoms with van der Waals surface area (Å²) in [4.78, 5) is 12.1. The summed E-state index contributed by atoms with van der Waals surface area (Å²) in [5.74, 6) is 0.689. The maximum Gasteiger partial charge on any atom is 0.315 e. The van der Waals surface area contributed by atoms with Crippen LogP contribution in [-0.2, 0) is 6.54 Å². The quantitative estimate of drug-likeness (QED) is 0.652. The third kappa shape index (κ3) is 5.22. The van der Waals surface area contributed by atoms with Crippen LogP contribution in [0.5, 0.6) is 5.75 Å². The molecule has 2 amide bonds. The van der Waals surface area contributed by atoms with Gasteiger partial charge in [-0.1, -0.05) is 31.4 Å². The highest BCUT2D eigenvalue weighted by Crippen LogP contribution is 2.27. The summed E-state index contributed by atoms with van der Waals surface area (Å²) >= 11 is 0. The SMILES string of the molecule is O=C(NCc1ccc(O)cc1)NC(CCO)C1CCCCC1. The van der Waals surface area contributed by atoms with Crippen molar-refractivity contribution < 1.29 is 15.0 Å². The molecule has 122 valence electrons. The van der Waals surface area contributed by atoms with Gasteiger partial charge in [-0.25, -0.2) is 4.79 Å². The lowest BCUT2D eigenvalue weighted by Gasteiger charge is -2.30. The number of phenols is 1. The van der Waals surface area contributed by atoms with Crippen LogP contribution in [0.15, 0.2) is 24.3 Å². The van der Waals surface area contributed by atoms with Gasteiger partial charge in [0.2, 0.25) is 0 Å². The standard InChI is InChI=1S/C17H26N2O3/c20-11-10-16(14-4-2-1-3-5-14)19-17(22)18-12-13-6-8-15(21)9-7-13/h6-9,14,16,20-21H,1-5,10-12H2,(H2,18,19,22). The number of phenolic OH excluding ortho intramolecular Hbond substituents is 1. The second-order valence-electron chi connectivity index (χ2n) is 6.01. The van der Waals surface area contributed by atoms with Gasteiger partial charge in [-0.15, -0.1) is 0 Å². The van der Waals surface area contributed by atoms with Crippen molar-refractivity contribution in [2.24, 2.45) is 5.92 Å². The minimum absolute atomic E-state index is 0.0464. The Morgan fingerprint density at radius 2 is 1.86 bits per heavy atom. The number of benzene rings is 1. The average molecular weight is 306 g/mol. The lowest BCUT2D eigenvalue weighted by molar-refractivity contribution is 0.196. The molecule has 1 aliphatic rings. The summed E-state index contributed by atoms with van der Waals surface area (Å²) < 4.78 is 0. The van der Waals surface area contributed by atoms with Crippen molar-refractivity contribution in [2.45, 2.75) is 51.1 Å². The van der Waals surface area contributed by atoms with Gasteiger partial charge in [0, 0.05) is 19.2 Å². The van der Waals surface area contributed by atoms with E-state index in [1.165, 1.54) is 19.3 Å². The zero-order valence-corrected chi connectivity index (χ0v) is 12.9. The number of amides is 2. The van der Waals surface area contributed by atoms with Gasteiger partial charge in [-0.05, 0) is 42.9 Å². The van der Waals surface area contributed by atoms with Crippen molar-refractivity contribution in [1.29, 1.82) is 0 Å². The normalized spacial score (nSPS) is 17.0. The fourth-order valence-electron chi connectivity index (χ4n) is 3.12. The topological polar surface area (TPSA) is 81.6 Å². The molecule has 22 heavy (non-hydrogen) atoms. The summed E-state index contributed by atoms with van der Waals surface area (Å²) in [5, 5.41) is 24.3. The van der Waals surface area contributed by atoms with Gasteiger partial charge in [-0.3, -0.25) is 0 Å². The molecule has 2 rings (SSSR count). The Morgan fingerprint density at radius 1 is 1.18 bits per heavy atom. The molecule has 5 heteroatoms. The van der Waals surface area contributed by atoms with E-state index in [0.717, 1.165) is 18.4 Å². The first-order valence-electron chi connectivity index (χ1n) is 8.12. The molecule has 1 aromatic carbocycles. The Labute approximate surface area is 131 Å². The number of urea groups is 1. The third-order valence-electron chi connectivity index (χ3n) is 4.36. The molecule has 1 fully saturated rings. The van der Waals surface area contributed by atoms with Crippen LogP contribution >= 0.6 is 0 Å². The molecule has 1 aliphatic carbocycles. The highest BCUT2D eigenvalue weighted by Gasteiger charge is 2.24. The molecular weight excluding hydrogens is 280 g/mol. The van der Waals surface area contributed by atoms with Crippen LogP contribution in [0.25, 0.3) is 0 Å². The van der Waals surface area contributed by atoms with Crippen molar-refractivity contribution in [3.63, 3.8) is 0 Å². The maximum atomic E-state index is 12.1. The second kappa shape index (κ2) is 8.63. The van der Waals surface area contributed by atoms with Crippen LogP contribution in [-0.4, -0.2) is 28.9 Å². The fraction of sp³-hybridized carbons (Fsp3) is 0.588. The fourth-order valence-corrected chi connectivity index (χ4v) is 3.12. The van der Waals surface area contributed by atoms with Gasteiger partial charge >= 0.3 is 6.03 Å². The van der Waals surface area contributed by atoms with Gasteiger partial charge in [-0.2, -0.15) is 0 Å². The Kier molecular flexibility index (Phi) is 6.52. The molecule has 0 spiro atoms. The molecule has 0 aliphatic heterocycles. The number of nitrogens with one attached hydrogen (secondary N) is 2. The van der Waals surface area contributed by atoms with E-state index in [1.807, 2.05) is 0 Å². The summed E-state index contributed by atoms with van der Waals surface area (Å²) in [5.41, 5.74) is 0.935. The van der Waals surface area contributed by atoms with Gasteiger partial charge in [0.15, 0.2) is 0 Å². The van der Waals surface area contributed by atoms with Crippen LogP contribution in [0.2, 0.25) is 0 Å². The summed E-state index contributed by atoms with van der Waals surface area (Å²) in [6.07, 6.45) is 6.56. The van der Waals surface area contributed by atoms with Crippen LogP contribution in [0.4, 0.5) is 4.79 Å². The first kappa shape index (κ1) is 16.6. The Bertz CT molecular complexity index is 455. The van der Waals surface area contributed by atoms with Crippen LogP contribution in [0.1, 0.15) is 44.1 Å². The number of aliphatic hydroxyl groups excluding tert-OH is 1. The largest absolute Gasteiger partial charge is 0.508 e. The monoisotopic (exact) mass is 306 g/mol. The van der Waals surface area contributed by atoms with E-state index in [1.54, 1.807) is 24.3 Å². The molecule has 0 radical (unpaired) electrons. The zero-order valence-electron chi connectivity index (χ0n) is 12.9. The van der Waals surface area contributed by atoms with E-state index in [0.29, 0.717) is 18.9 Å². The maximum absolute atomic E-state index is 12.1. The number of aromatic hydroxyl groups is 1. The molecule has 1 aromatic rings. The molecule has 0 aromatic heterocycles. The molecule has 1 unspecified atom stereocenters. The van der Waals surface area contributed by atoms with Crippen molar-refractivity contribution in [3.05, 3.63) is 29.8 Å². The predicted octanol–water partition coefficient (Wildman–Crippen LogP) is 2.52. The molecule has 0 bridgehead atoms. The first-order valence-corrected chi connectivity index (χ1v) is 8.12. The van der Waals surface area contributed by atoms with E-state index in [9.17, 15) is 15.0 Å². The lowest BCUT2D eigenvalue weighted by Crippen LogP contribution is -2.46. The van der Waals surface area contributed by atoms with E-state index < -0.39 is 0 Å². The van der Waals surface area contributed by atoms with E-state index in [2.05, 4.69) is 10.6 Å². The molecule has 5 nitrogen and oxygen atoms in total. The van der Waals surface area contributed by atoms with Crippen molar-refractivity contribution in [2.75, 3.05) is 6.61 Å². The minimum atomic E-state index is -0.197. The number of hydrogen-bond donors (Lipinski definition) is 4. The number of hydrogen-bond acceptors (Lipinski definition) is 3. The van der Waals surface area contributed by atoms with Crippen molar-refractivity contribution in [1.82, 2.24) is 10.6 Å².